The number of furan rings is 1. The van der Waals surface area contributed by atoms with Crippen molar-refractivity contribution in [3.05, 3.63) is 62.3 Å². The van der Waals surface area contributed by atoms with Crippen LogP contribution in [0.5, 0.6) is 0 Å². The average molecular weight is 369 g/mol. The number of hydrogen-bond donors (Lipinski definition) is 1. The van der Waals surface area contributed by atoms with Crippen molar-refractivity contribution in [2.45, 2.75) is 0 Å². The van der Waals surface area contributed by atoms with Gasteiger partial charge in [0, 0.05) is 10.4 Å². The lowest BCUT2D eigenvalue weighted by molar-refractivity contribution is 0.0995. The van der Waals surface area contributed by atoms with E-state index in [4.69, 9.17) is 20.4 Å². The fourth-order valence-electron chi connectivity index (χ4n) is 1.80. The van der Waals surface area contributed by atoms with Crippen molar-refractivity contribution in [1.29, 1.82) is 0 Å². The Morgan fingerprint density at radius 2 is 1.95 bits per heavy atom. The van der Waals surface area contributed by atoms with Crippen molar-refractivity contribution in [1.82, 2.24) is 0 Å². The van der Waals surface area contributed by atoms with Gasteiger partial charge in [0.15, 0.2) is 10.4 Å². The number of amides is 1. The molecule has 3 aromatic rings. The third-order valence-electron chi connectivity index (χ3n) is 2.74. The van der Waals surface area contributed by atoms with Crippen LogP contribution in [0.4, 0.5) is 5.69 Å². The van der Waals surface area contributed by atoms with Crippen LogP contribution in [0, 0.1) is 0 Å². The Bertz CT molecular complexity index is 899. The maximum absolute atomic E-state index is 12.0. The SMILES string of the molecule is O=C(Nc1cc2cc(Cl)ccc2oc1=O)c1ccc(Br)o1. The summed E-state index contributed by atoms with van der Waals surface area (Å²) in [7, 11) is 0. The van der Waals surface area contributed by atoms with Crippen molar-refractivity contribution < 1.29 is 13.6 Å². The summed E-state index contributed by atoms with van der Waals surface area (Å²) in [5.41, 5.74) is -0.241. The number of benzene rings is 1. The van der Waals surface area contributed by atoms with Crippen LogP contribution in [0.25, 0.3) is 11.0 Å². The summed E-state index contributed by atoms with van der Waals surface area (Å²) in [6.07, 6.45) is 0. The Morgan fingerprint density at radius 3 is 2.67 bits per heavy atom. The summed E-state index contributed by atoms with van der Waals surface area (Å²) in [6, 6.07) is 9.41. The minimum atomic E-state index is -0.649. The third kappa shape index (κ3) is 2.86. The Labute approximate surface area is 131 Å². The van der Waals surface area contributed by atoms with Crippen LogP contribution in [0.2, 0.25) is 5.02 Å². The Balaban J connectivity index is 1.98. The molecule has 2 heterocycles. The first-order chi connectivity index (χ1) is 10.0. The van der Waals surface area contributed by atoms with Crippen LogP contribution in [-0.2, 0) is 0 Å². The summed E-state index contributed by atoms with van der Waals surface area (Å²) in [5.74, 6) is -0.471. The molecule has 1 aromatic carbocycles. The van der Waals surface area contributed by atoms with E-state index in [1.807, 2.05) is 0 Å². The second-order valence-corrected chi connectivity index (χ2v) is 5.41. The molecule has 0 unspecified atom stereocenters. The lowest BCUT2D eigenvalue weighted by Crippen LogP contribution is -2.17. The van der Waals surface area contributed by atoms with Crippen LogP contribution in [0.15, 0.2) is 54.7 Å². The van der Waals surface area contributed by atoms with Gasteiger partial charge in [-0.25, -0.2) is 4.79 Å². The second-order valence-electron chi connectivity index (χ2n) is 4.19. The molecule has 1 amide bonds. The predicted octanol–water partition coefficient (Wildman–Crippen LogP) is 4.05. The van der Waals surface area contributed by atoms with Gasteiger partial charge in [0.2, 0.25) is 0 Å². The summed E-state index contributed by atoms with van der Waals surface area (Å²) >= 11 is 8.99. The number of anilines is 1. The van der Waals surface area contributed by atoms with Gasteiger partial charge in [-0.2, -0.15) is 0 Å². The van der Waals surface area contributed by atoms with Gasteiger partial charge in [-0.05, 0) is 52.3 Å². The molecule has 0 atom stereocenters. The molecular weight excluding hydrogens is 362 g/mol. The van der Waals surface area contributed by atoms with Crippen LogP contribution < -0.4 is 10.9 Å². The zero-order chi connectivity index (χ0) is 15.0. The molecule has 3 rings (SSSR count). The molecule has 0 bridgehead atoms. The van der Waals surface area contributed by atoms with E-state index >= 15 is 0 Å². The zero-order valence-corrected chi connectivity index (χ0v) is 12.7. The van der Waals surface area contributed by atoms with Gasteiger partial charge in [0.25, 0.3) is 5.91 Å². The quantitative estimate of drug-likeness (QED) is 0.693. The molecule has 21 heavy (non-hydrogen) atoms. The van der Waals surface area contributed by atoms with Gasteiger partial charge in [-0.15, -0.1) is 0 Å². The van der Waals surface area contributed by atoms with E-state index in [0.29, 0.717) is 20.7 Å². The summed E-state index contributed by atoms with van der Waals surface area (Å²) < 4.78 is 10.7. The first-order valence-corrected chi connectivity index (χ1v) is 7.00. The molecule has 5 nitrogen and oxygen atoms in total. The highest BCUT2D eigenvalue weighted by Crippen LogP contribution is 2.21. The van der Waals surface area contributed by atoms with Crippen LogP contribution >= 0.6 is 27.5 Å². The van der Waals surface area contributed by atoms with Crippen LogP contribution in [0.1, 0.15) is 10.6 Å². The Hall–Kier alpha value is -2.05. The number of carbonyl (C=O) groups is 1. The molecule has 2 aromatic heterocycles. The molecule has 106 valence electrons. The van der Waals surface area contributed by atoms with Gasteiger partial charge in [-0.3, -0.25) is 4.79 Å². The largest absolute Gasteiger partial charge is 0.444 e. The number of carbonyl (C=O) groups excluding carboxylic acids is 1. The molecule has 0 aliphatic rings. The van der Waals surface area contributed by atoms with E-state index < -0.39 is 11.5 Å². The minimum absolute atomic E-state index is 0.0160. The fourth-order valence-corrected chi connectivity index (χ4v) is 2.29. The van der Waals surface area contributed by atoms with E-state index in [1.54, 1.807) is 24.3 Å². The van der Waals surface area contributed by atoms with Crippen molar-refractivity contribution >= 4 is 50.1 Å². The topological polar surface area (TPSA) is 72.5 Å². The number of halogens is 2. The van der Waals surface area contributed by atoms with Gasteiger partial charge in [0.05, 0.1) is 0 Å². The number of nitrogens with one attached hydrogen (secondary N) is 1. The highest BCUT2D eigenvalue weighted by Gasteiger charge is 2.14. The molecule has 0 saturated heterocycles. The van der Waals surface area contributed by atoms with Crippen molar-refractivity contribution in [3.8, 4) is 0 Å². The molecule has 0 radical (unpaired) electrons. The van der Waals surface area contributed by atoms with E-state index in [9.17, 15) is 9.59 Å². The summed E-state index contributed by atoms with van der Waals surface area (Å²) in [4.78, 5) is 23.8. The van der Waals surface area contributed by atoms with Gasteiger partial charge >= 0.3 is 5.63 Å². The average Bonchev–Trinajstić information content (AvgIpc) is 2.87. The zero-order valence-electron chi connectivity index (χ0n) is 10.4. The van der Waals surface area contributed by atoms with Gasteiger partial charge < -0.3 is 14.2 Å². The number of rotatable bonds is 2. The van der Waals surface area contributed by atoms with Crippen molar-refractivity contribution in [2.75, 3.05) is 5.32 Å². The molecule has 0 aliphatic heterocycles. The van der Waals surface area contributed by atoms with E-state index in [1.165, 1.54) is 12.1 Å². The predicted molar refractivity (Wildman–Crippen MR) is 81.9 cm³/mol. The third-order valence-corrected chi connectivity index (χ3v) is 3.40. The normalized spacial score (nSPS) is 10.8. The van der Waals surface area contributed by atoms with E-state index in [2.05, 4.69) is 21.2 Å². The molecule has 7 heteroatoms. The first kappa shape index (κ1) is 13.9. The molecule has 0 spiro atoms. The van der Waals surface area contributed by atoms with Crippen molar-refractivity contribution in [2.24, 2.45) is 0 Å². The monoisotopic (exact) mass is 367 g/mol. The van der Waals surface area contributed by atoms with Gasteiger partial charge in [-0.1, -0.05) is 11.6 Å². The Kier molecular flexibility index (Phi) is 3.57. The second kappa shape index (κ2) is 5.38. The number of hydrogen-bond acceptors (Lipinski definition) is 4. The maximum Gasteiger partial charge on any atom is 0.360 e. The minimum Gasteiger partial charge on any atom is -0.444 e. The fraction of sp³-hybridized carbons (Fsp3) is 0. The smallest absolute Gasteiger partial charge is 0.360 e. The van der Waals surface area contributed by atoms with Crippen molar-refractivity contribution in [3.63, 3.8) is 0 Å². The summed E-state index contributed by atoms with van der Waals surface area (Å²) in [6.45, 7) is 0. The molecule has 0 saturated carbocycles. The van der Waals surface area contributed by atoms with Crippen LogP contribution in [0.3, 0.4) is 0 Å². The molecule has 0 fully saturated rings. The molecule has 1 N–H and O–H groups in total. The Morgan fingerprint density at radius 1 is 1.14 bits per heavy atom. The molecule has 0 aliphatic carbocycles. The van der Waals surface area contributed by atoms with E-state index in [0.717, 1.165) is 0 Å². The van der Waals surface area contributed by atoms with Gasteiger partial charge in [0.1, 0.15) is 11.3 Å². The van der Waals surface area contributed by atoms with Crippen LogP contribution in [-0.4, -0.2) is 5.91 Å². The summed E-state index contributed by atoms with van der Waals surface area (Å²) in [5, 5.41) is 3.56. The molecular formula is C14H7BrClNO4. The lowest BCUT2D eigenvalue weighted by atomic mass is 10.2. The lowest BCUT2D eigenvalue weighted by Gasteiger charge is -2.03. The van der Waals surface area contributed by atoms with E-state index in [-0.39, 0.29) is 11.4 Å². The number of fused-ring (bicyclic) bond motifs is 1. The highest BCUT2D eigenvalue weighted by molar-refractivity contribution is 9.10. The first-order valence-electron chi connectivity index (χ1n) is 5.83. The maximum atomic E-state index is 12.0. The highest BCUT2D eigenvalue weighted by atomic mass is 79.9. The standard InChI is InChI=1S/C14H7BrClNO4/c15-12-4-3-11(20-12)13(18)17-9-6-7-5-8(16)1-2-10(7)21-14(9)19/h1-6H,(H,17,18).